The Labute approximate surface area is 239 Å². The van der Waals surface area contributed by atoms with Crippen LogP contribution >= 0.6 is 0 Å². The van der Waals surface area contributed by atoms with Gasteiger partial charge in [-0.25, -0.2) is 4.39 Å². The van der Waals surface area contributed by atoms with Gasteiger partial charge in [-0.2, -0.15) is 13.2 Å². The normalized spacial score (nSPS) is 15.8. The second-order valence-electron chi connectivity index (χ2n) is 10.3. The van der Waals surface area contributed by atoms with Gasteiger partial charge in [0.05, 0.1) is 17.2 Å². The van der Waals surface area contributed by atoms with Crippen LogP contribution in [0.5, 0.6) is 0 Å². The zero-order valence-electron chi connectivity index (χ0n) is 22.8. The molecule has 1 fully saturated rings. The Hall–Kier alpha value is -3.44. The van der Waals surface area contributed by atoms with Crippen LogP contribution in [0.3, 0.4) is 0 Å². The van der Waals surface area contributed by atoms with Crippen LogP contribution in [0.15, 0.2) is 66.7 Å². The molecule has 1 aliphatic rings. The number of anilines is 2. The van der Waals surface area contributed by atoms with Crippen molar-refractivity contribution >= 4 is 28.5 Å². The van der Waals surface area contributed by atoms with Crippen LogP contribution in [0.1, 0.15) is 47.9 Å². The van der Waals surface area contributed by atoms with Gasteiger partial charge in [0.2, 0.25) is 5.91 Å². The van der Waals surface area contributed by atoms with Crippen molar-refractivity contribution in [2.45, 2.75) is 44.8 Å². The summed E-state index contributed by atoms with van der Waals surface area (Å²) < 4.78 is 78.3. The third-order valence-electron chi connectivity index (χ3n) is 7.62. The van der Waals surface area contributed by atoms with Gasteiger partial charge in [0.25, 0.3) is 0 Å². The summed E-state index contributed by atoms with van der Waals surface area (Å²) >= 11 is -2.66. The predicted molar refractivity (Wildman–Crippen MR) is 151 cm³/mol. The van der Waals surface area contributed by atoms with Gasteiger partial charge in [-0.3, -0.25) is 9.00 Å². The first-order chi connectivity index (χ1) is 19.4. The van der Waals surface area contributed by atoms with Gasteiger partial charge in [0.15, 0.2) is 0 Å². The van der Waals surface area contributed by atoms with Crippen molar-refractivity contribution in [1.29, 1.82) is 0 Å². The number of nitrogens with one attached hydrogen (secondary N) is 1. The molecule has 41 heavy (non-hydrogen) atoms. The lowest BCUT2D eigenvalue weighted by Crippen LogP contribution is -2.36. The Morgan fingerprint density at radius 2 is 1.78 bits per heavy atom. The molecular weight excluding hydrogens is 558 g/mol. The number of nitrogens with zero attached hydrogens (tertiary/aromatic N) is 2. The van der Waals surface area contributed by atoms with E-state index < -0.39 is 40.6 Å². The number of carbonyl (C=O) groups excluding carboxylic acids is 1. The molecule has 1 amide bonds. The fourth-order valence-electron chi connectivity index (χ4n) is 5.12. The second kappa shape index (κ2) is 13.0. The number of rotatable bonds is 9. The van der Waals surface area contributed by atoms with Crippen molar-refractivity contribution in [2.24, 2.45) is 5.92 Å². The number of carbonyl (C=O) groups is 1. The number of hydrogen-bond donors (Lipinski definition) is 1. The third kappa shape index (κ3) is 7.65. The van der Waals surface area contributed by atoms with Crippen LogP contribution in [0, 0.1) is 11.7 Å². The van der Waals surface area contributed by atoms with E-state index in [2.05, 4.69) is 17.4 Å². The molecule has 3 aromatic rings. The minimum absolute atomic E-state index is 0.000938. The molecule has 220 valence electrons. The average molecular weight is 591 g/mol. The molecule has 2 unspecified atom stereocenters. The van der Waals surface area contributed by atoms with Crippen LogP contribution in [0.25, 0.3) is 0 Å². The fourth-order valence-corrected chi connectivity index (χ4v) is 5.43. The summed E-state index contributed by atoms with van der Waals surface area (Å²) in [5.74, 6) is -1.59. The highest BCUT2D eigenvalue weighted by molar-refractivity contribution is 7.80. The van der Waals surface area contributed by atoms with E-state index >= 15 is 0 Å². The maximum Gasteiger partial charge on any atom is 0.416 e. The largest absolute Gasteiger partial charge is 0.755 e. The van der Waals surface area contributed by atoms with Crippen molar-refractivity contribution in [3.05, 3.63) is 94.8 Å². The van der Waals surface area contributed by atoms with Crippen LogP contribution in [-0.4, -0.2) is 34.8 Å². The molecule has 0 saturated carbocycles. The lowest BCUT2D eigenvalue weighted by molar-refractivity contribution is -0.137. The standard InChI is InChI=1S/C30H33F4N3O3S/c1-20(23-9-11-27(26(31)17-23)36(2)41(39)40)29(38)35-19-24-8-10-25(30(32,33)34)18-28(24)37-14-12-22(13-15-37)16-21-6-4-3-5-7-21/h3-11,17-18,20,22H,12-16,19H2,1-2H3,(H,35,38)(H,39,40)/p-1. The van der Waals surface area contributed by atoms with Gasteiger partial charge in [-0.1, -0.05) is 42.5 Å². The Balaban J connectivity index is 1.45. The zero-order valence-corrected chi connectivity index (χ0v) is 23.6. The van der Waals surface area contributed by atoms with Crippen molar-refractivity contribution in [3.63, 3.8) is 0 Å². The molecule has 3 aromatic carbocycles. The Morgan fingerprint density at radius 3 is 2.39 bits per heavy atom. The van der Waals surface area contributed by atoms with Crippen LogP contribution < -0.4 is 14.5 Å². The Kier molecular flexibility index (Phi) is 9.70. The van der Waals surface area contributed by atoms with Crippen LogP contribution in [-0.2, 0) is 35.2 Å². The SMILES string of the molecule is CC(C(=O)NCc1ccc(C(F)(F)F)cc1N1CCC(Cc2ccccc2)CC1)c1ccc(N(C)S(=O)[O-])c(F)c1. The summed E-state index contributed by atoms with van der Waals surface area (Å²) in [6.07, 6.45) is -1.90. The number of piperidine rings is 1. The molecule has 1 aliphatic heterocycles. The summed E-state index contributed by atoms with van der Waals surface area (Å²) in [7, 11) is 1.20. The maximum absolute atomic E-state index is 14.5. The van der Waals surface area contributed by atoms with Gasteiger partial charge in [0, 0.05) is 43.6 Å². The van der Waals surface area contributed by atoms with Crippen molar-refractivity contribution < 1.29 is 31.1 Å². The molecule has 0 radical (unpaired) electrons. The first-order valence-electron chi connectivity index (χ1n) is 13.3. The molecule has 2 atom stereocenters. The molecule has 1 heterocycles. The van der Waals surface area contributed by atoms with E-state index in [4.69, 9.17) is 0 Å². The summed E-state index contributed by atoms with van der Waals surface area (Å²) in [5, 5.41) is 2.77. The first kappa shape index (κ1) is 30.5. The van der Waals surface area contributed by atoms with Gasteiger partial charge in [-0.15, -0.1) is 0 Å². The van der Waals surface area contributed by atoms with E-state index in [1.165, 1.54) is 30.8 Å². The molecule has 4 rings (SSSR count). The second-order valence-corrected chi connectivity index (χ2v) is 11.3. The lowest BCUT2D eigenvalue weighted by atomic mass is 9.89. The molecule has 0 spiro atoms. The Morgan fingerprint density at radius 1 is 1.10 bits per heavy atom. The summed E-state index contributed by atoms with van der Waals surface area (Å²) in [4.78, 5) is 14.9. The van der Waals surface area contributed by atoms with E-state index in [1.54, 1.807) is 6.92 Å². The molecule has 6 nitrogen and oxygen atoms in total. The monoisotopic (exact) mass is 590 g/mol. The molecule has 1 saturated heterocycles. The quantitative estimate of drug-likeness (QED) is 0.247. The topological polar surface area (TPSA) is 75.7 Å². The minimum Gasteiger partial charge on any atom is -0.755 e. The summed E-state index contributed by atoms with van der Waals surface area (Å²) in [5.41, 5.74) is 1.67. The maximum atomic E-state index is 14.5. The van der Waals surface area contributed by atoms with Crippen LogP contribution in [0.2, 0.25) is 0 Å². The molecule has 0 aromatic heterocycles. The van der Waals surface area contributed by atoms with Gasteiger partial charge >= 0.3 is 6.18 Å². The summed E-state index contributed by atoms with van der Waals surface area (Å²) in [6, 6.07) is 17.5. The molecule has 0 bridgehead atoms. The van der Waals surface area contributed by atoms with E-state index in [0.29, 0.717) is 35.8 Å². The highest BCUT2D eigenvalue weighted by Crippen LogP contribution is 2.35. The summed E-state index contributed by atoms with van der Waals surface area (Å²) in [6.45, 7) is 2.78. The molecular formula is C30H32F4N3O3S-. The highest BCUT2D eigenvalue weighted by atomic mass is 32.2. The zero-order chi connectivity index (χ0) is 29.7. The van der Waals surface area contributed by atoms with Gasteiger partial charge in [-0.05, 0) is 73.1 Å². The van der Waals surface area contributed by atoms with Crippen molar-refractivity contribution in [2.75, 3.05) is 29.3 Å². The number of hydrogen-bond acceptors (Lipinski definition) is 4. The Bertz CT molecular complexity index is 1380. The van der Waals surface area contributed by atoms with Crippen molar-refractivity contribution in [1.82, 2.24) is 5.32 Å². The molecule has 1 N–H and O–H groups in total. The third-order valence-corrected chi connectivity index (χ3v) is 8.26. The smallest absolute Gasteiger partial charge is 0.416 e. The fraction of sp³-hybridized carbons (Fsp3) is 0.367. The van der Waals surface area contributed by atoms with E-state index in [9.17, 15) is 31.1 Å². The lowest BCUT2D eigenvalue weighted by Gasteiger charge is -2.35. The van der Waals surface area contributed by atoms with Gasteiger partial charge in [0.1, 0.15) is 5.82 Å². The average Bonchev–Trinajstić information content (AvgIpc) is 2.95. The van der Waals surface area contributed by atoms with Crippen LogP contribution in [0.4, 0.5) is 28.9 Å². The molecule has 11 heteroatoms. The number of alkyl halides is 3. The highest BCUT2D eigenvalue weighted by Gasteiger charge is 2.32. The number of halogens is 4. The molecule has 0 aliphatic carbocycles. The van der Waals surface area contributed by atoms with E-state index in [1.807, 2.05) is 23.1 Å². The van der Waals surface area contributed by atoms with Gasteiger partial charge < -0.3 is 19.1 Å². The van der Waals surface area contributed by atoms with E-state index in [-0.39, 0.29) is 12.2 Å². The predicted octanol–water partition coefficient (Wildman–Crippen LogP) is 5.95. The van der Waals surface area contributed by atoms with E-state index in [0.717, 1.165) is 41.8 Å². The minimum atomic E-state index is -4.50. The number of amides is 1. The number of benzene rings is 3. The van der Waals surface area contributed by atoms with Crippen molar-refractivity contribution in [3.8, 4) is 0 Å². The first-order valence-corrected chi connectivity index (χ1v) is 14.4.